The smallest absolute Gasteiger partial charge is 0.0950 e. The number of hydrogen-bond acceptors (Lipinski definition) is 4. The molecule has 0 radical (unpaired) electrons. The normalized spacial score (nSPS) is 27.6. The topological polar surface area (TPSA) is 44.5 Å². The molecule has 112 valence electrons. The van der Waals surface area contributed by atoms with Crippen LogP contribution in [-0.2, 0) is 13.1 Å². The van der Waals surface area contributed by atoms with Crippen LogP contribution in [0.1, 0.15) is 32.4 Å². The number of aromatic nitrogens is 2. The molecular formula is C15H26N4O. The first-order valence-electron chi connectivity index (χ1n) is 7.78. The van der Waals surface area contributed by atoms with Gasteiger partial charge >= 0.3 is 0 Å². The number of fused-ring (bicyclic) bond motifs is 2. The van der Waals surface area contributed by atoms with E-state index < -0.39 is 0 Å². The minimum Gasteiger partial charge on any atom is -0.395 e. The molecule has 3 heterocycles. The van der Waals surface area contributed by atoms with E-state index in [0.29, 0.717) is 12.6 Å². The van der Waals surface area contributed by atoms with Gasteiger partial charge in [-0.1, -0.05) is 0 Å². The standard InChI is InChI=1S/C15H26N4O/c1-12(2)19-14-3-4-15(19)10-18(9-14)8-13-7-17(5-6-20)11-16-13/h7,11-12,14-15,20H,3-6,8-10H2,1-2H3. The maximum atomic E-state index is 8.94. The largest absolute Gasteiger partial charge is 0.395 e. The first kappa shape index (κ1) is 14.0. The predicted octanol–water partition coefficient (Wildman–Crippen LogP) is 0.932. The third kappa shape index (κ3) is 2.75. The number of rotatable bonds is 5. The van der Waals surface area contributed by atoms with Crippen LogP contribution in [0.5, 0.6) is 0 Å². The lowest BCUT2D eigenvalue weighted by molar-refractivity contribution is 0.0395. The van der Waals surface area contributed by atoms with Crippen molar-refractivity contribution in [3.63, 3.8) is 0 Å². The summed E-state index contributed by atoms with van der Waals surface area (Å²) in [6.07, 6.45) is 6.58. The van der Waals surface area contributed by atoms with Crippen molar-refractivity contribution in [3.05, 3.63) is 18.2 Å². The molecule has 0 spiro atoms. The predicted molar refractivity (Wildman–Crippen MR) is 78.4 cm³/mol. The molecule has 2 aliphatic rings. The third-order valence-corrected chi connectivity index (χ3v) is 4.64. The van der Waals surface area contributed by atoms with Crippen molar-refractivity contribution >= 4 is 0 Å². The van der Waals surface area contributed by atoms with Crippen molar-refractivity contribution in [1.82, 2.24) is 19.4 Å². The molecule has 2 bridgehead atoms. The lowest BCUT2D eigenvalue weighted by Crippen LogP contribution is -2.55. The fourth-order valence-electron chi connectivity index (χ4n) is 3.95. The Balaban J connectivity index is 1.60. The van der Waals surface area contributed by atoms with Gasteiger partial charge in [-0.15, -0.1) is 0 Å². The van der Waals surface area contributed by atoms with Gasteiger partial charge in [-0.25, -0.2) is 4.98 Å². The van der Waals surface area contributed by atoms with Gasteiger partial charge < -0.3 is 9.67 Å². The van der Waals surface area contributed by atoms with Crippen LogP contribution in [0.3, 0.4) is 0 Å². The summed E-state index contributed by atoms with van der Waals surface area (Å²) in [4.78, 5) is 9.71. The molecule has 2 fully saturated rings. The number of imidazole rings is 1. The van der Waals surface area contributed by atoms with Gasteiger partial charge in [-0.2, -0.15) is 0 Å². The number of nitrogens with zero attached hydrogens (tertiary/aromatic N) is 4. The molecule has 2 unspecified atom stereocenters. The second-order valence-corrected chi connectivity index (χ2v) is 6.45. The van der Waals surface area contributed by atoms with Gasteiger partial charge in [0.2, 0.25) is 0 Å². The van der Waals surface area contributed by atoms with Gasteiger partial charge in [0.05, 0.1) is 18.6 Å². The minimum absolute atomic E-state index is 0.174. The Kier molecular flexibility index (Phi) is 4.10. The van der Waals surface area contributed by atoms with Crippen LogP contribution in [0.25, 0.3) is 0 Å². The highest BCUT2D eigenvalue weighted by Gasteiger charge is 2.40. The van der Waals surface area contributed by atoms with E-state index in [9.17, 15) is 0 Å². The van der Waals surface area contributed by atoms with Crippen LogP contribution in [0.2, 0.25) is 0 Å². The maximum Gasteiger partial charge on any atom is 0.0950 e. The molecule has 1 aromatic rings. The van der Waals surface area contributed by atoms with E-state index in [1.54, 1.807) is 0 Å². The SMILES string of the molecule is CC(C)N1C2CCC1CN(Cc1cn(CCO)cn1)C2. The molecule has 1 N–H and O–H groups in total. The van der Waals surface area contributed by atoms with E-state index >= 15 is 0 Å². The molecular weight excluding hydrogens is 252 g/mol. The highest BCUT2D eigenvalue weighted by Crippen LogP contribution is 2.32. The Labute approximate surface area is 121 Å². The van der Waals surface area contributed by atoms with Gasteiger partial charge in [0.25, 0.3) is 0 Å². The molecule has 0 saturated carbocycles. The zero-order valence-corrected chi connectivity index (χ0v) is 12.6. The first-order chi connectivity index (χ1) is 9.67. The van der Waals surface area contributed by atoms with Gasteiger partial charge in [0.15, 0.2) is 0 Å². The summed E-state index contributed by atoms with van der Waals surface area (Å²) in [6, 6.07) is 2.12. The van der Waals surface area contributed by atoms with Gasteiger partial charge in [-0.3, -0.25) is 9.80 Å². The van der Waals surface area contributed by atoms with Crippen LogP contribution in [0.4, 0.5) is 0 Å². The van der Waals surface area contributed by atoms with Crippen LogP contribution >= 0.6 is 0 Å². The highest BCUT2D eigenvalue weighted by atomic mass is 16.3. The van der Waals surface area contributed by atoms with Crippen LogP contribution < -0.4 is 0 Å². The number of aliphatic hydroxyl groups is 1. The highest BCUT2D eigenvalue weighted by molar-refractivity contribution is 5.01. The number of piperazine rings is 1. The summed E-state index contributed by atoms with van der Waals surface area (Å²) in [5, 5.41) is 8.94. The number of hydrogen-bond donors (Lipinski definition) is 1. The average Bonchev–Trinajstić information content (AvgIpc) is 2.93. The Morgan fingerprint density at radius 1 is 1.30 bits per heavy atom. The summed E-state index contributed by atoms with van der Waals surface area (Å²) >= 11 is 0. The van der Waals surface area contributed by atoms with Crippen molar-refractivity contribution in [3.8, 4) is 0 Å². The van der Waals surface area contributed by atoms with Gasteiger partial charge in [0, 0.05) is 50.5 Å². The van der Waals surface area contributed by atoms with Gasteiger partial charge in [0.1, 0.15) is 0 Å². The quantitative estimate of drug-likeness (QED) is 0.870. The van der Waals surface area contributed by atoms with E-state index in [0.717, 1.165) is 24.3 Å². The Morgan fingerprint density at radius 3 is 2.60 bits per heavy atom. The lowest BCUT2D eigenvalue weighted by atomic mass is 10.1. The van der Waals surface area contributed by atoms with Gasteiger partial charge in [-0.05, 0) is 26.7 Å². The molecule has 2 atom stereocenters. The lowest BCUT2D eigenvalue weighted by Gasteiger charge is -2.43. The van der Waals surface area contributed by atoms with E-state index in [2.05, 4.69) is 34.8 Å². The molecule has 2 saturated heterocycles. The number of aliphatic hydroxyl groups excluding tert-OH is 1. The van der Waals surface area contributed by atoms with Crippen molar-refractivity contribution in [2.75, 3.05) is 19.7 Å². The first-order valence-corrected chi connectivity index (χ1v) is 7.78. The Morgan fingerprint density at radius 2 is 2.00 bits per heavy atom. The molecule has 0 amide bonds. The Bertz CT molecular complexity index is 431. The second-order valence-electron chi connectivity index (χ2n) is 6.45. The molecule has 0 aromatic carbocycles. The molecule has 2 aliphatic heterocycles. The van der Waals surface area contributed by atoms with Crippen molar-refractivity contribution < 1.29 is 5.11 Å². The molecule has 3 rings (SSSR count). The third-order valence-electron chi connectivity index (χ3n) is 4.64. The molecule has 1 aromatic heterocycles. The fraction of sp³-hybridized carbons (Fsp3) is 0.800. The van der Waals surface area contributed by atoms with E-state index in [1.807, 2.05) is 10.9 Å². The molecule has 20 heavy (non-hydrogen) atoms. The summed E-state index contributed by atoms with van der Waals surface area (Å²) in [7, 11) is 0. The summed E-state index contributed by atoms with van der Waals surface area (Å²) in [6.45, 7) is 8.72. The second kappa shape index (κ2) is 5.84. The monoisotopic (exact) mass is 278 g/mol. The van der Waals surface area contributed by atoms with E-state index in [-0.39, 0.29) is 6.61 Å². The van der Waals surface area contributed by atoms with E-state index in [4.69, 9.17) is 5.11 Å². The van der Waals surface area contributed by atoms with Crippen LogP contribution in [0.15, 0.2) is 12.5 Å². The minimum atomic E-state index is 0.174. The van der Waals surface area contributed by atoms with E-state index in [1.165, 1.54) is 25.9 Å². The Hall–Kier alpha value is -0.910. The summed E-state index contributed by atoms with van der Waals surface area (Å²) in [5.74, 6) is 0. The van der Waals surface area contributed by atoms with Crippen LogP contribution in [0, 0.1) is 0 Å². The molecule has 0 aliphatic carbocycles. The zero-order chi connectivity index (χ0) is 14.1. The molecule has 5 nitrogen and oxygen atoms in total. The van der Waals surface area contributed by atoms with Crippen molar-refractivity contribution in [2.24, 2.45) is 0 Å². The zero-order valence-electron chi connectivity index (χ0n) is 12.6. The summed E-state index contributed by atoms with van der Waals surface area (Å²) < 4.78 is 1.97. The number of likely N-dealkylation sites (tertiary alicyclic amines) is 1. The van der Waals surface area contributed by atoms with Crippen molar-refractivity contribution in [1.29, 1.82) is 0 Å². The van der Waals surface area contributed by atoms with Crippen LogP contribution in [-0.4, -0.2) is 62.3 Å². The average molecular weight is 278 g/mol. The van der Waals surface area contributed by atoms with Crippen molar-refractivity contribution in [2.45, 2.75) is 57.9 Å². The summed E-state index contributed by atoms with van der Waals surface area (Å²) in [5.41, 5.74) is 1.12. The molecule has 5 heteroatoms. The maximum absolute atomic E-state index is 8.94. The fourth-order valence-corrected chi connectivity index (χ4v) is 3.95.